The first-order valence-electron chi connectivity index (χ1n) is 9.95. The first-order valence-corrected chi connectivity index (χ1v) is 9.95. The average Bonchev–Trinajstić information content (AvgIpc) is 2.61. The molecule has 26 heavy (non-hydrogen) atoms. The Morgan fingerprint density at radius 2 is 2.00 bits per heavy atom. The van der Waals surface area contributed by atoms with Gasteiger partial charge in [-0.2, -0.15) is 0 Å². The zero-order chi connectivity index (χ0) is 19.6. The van der Waals surface area contributed by atoms with E-state index in [0.717, 1.165) is 45.4 Å². The molecule has 146 valence electrons. The van der Waals surface area contributed by atoms with E-state index < -0.39 is 0 Å². The van der Waals surface area contributed by atoms with Gasteiger partial charge in [0.05, 0.1) is 5.60 Å². The highest BCUT2D eigenvalue weighted by Crippen LogP contribution is 2.48. The lowest BCUT2D eigenvalue weighted by Gasteiger charge is -2.47. The van der Waals surface area contributed by atoms with Crippen LogP contribution in [0.5, 0.6) is 0 Å². The third-order valence-electron chi connectivity index (χ3n) is 5.58. The molecule has 1 rings (SSSR count). The Kier molecular flexibility index (Phi) is 9.32. The molecule has 1 heterocycles. The van der Waals surface area contributed by atoms with Gasteiger partial charge in [0, 0.05) is 18.6 Å². The fourth-order valence-corrected chi connectivity index (χ4v) is 3.94. The van der Waals surface area contributed by atoms with E-state index in [9.17, 15) is 0 Å². The summed E-state index contributed by atoms with van der Waals surface area (Å²) in [4.78, 5) is 0. The lowest BCUT2D eigenvalue weighted by atomic mass is 9.66. The van der Waals surface area contributed by atoms with Crippen LogP contribution in [-0.4, -0.2) is 25.3 Å². The van der Waals surface area contributed by atoms with Gasteiger partial charge in [0.15, 0.2) is 0 Å². The lowest BCUT2D eigenvalue weighted by Crippen LogP contribution is -2.45. The van der Waals surface area contributed by atoms with Crippen LogP contribution in [0.2, 0.25) is 0 Å². The van der Waals surface area contributed by atoms with Gasteiger partial charge in [-0.15, -0.1) is 0 Å². The summed E-state index contributed by atoms with van der Waals surface area (Å²) in [6.45, 7) is 21.5. The van der Waals surface area contributed by atoms with Crippen LogP contribution in [-0.2, 0) is 4.74 Å². The normalized spacial score (nSPS) is 27.1. The fraction of sp³-hybridized carbons (Fsp3) is 0.583. The van der Waals surface area contributed by atoms with E-state index in [1.165, 1.54) is 16.7 Å². The second-order valence-electron chi connectivity index (χ2n) is 7.93. The monoisotopic (exact) mass is 357 g/mol. The van der Waals surface area contributed by atoms with Crippen molar-refractivity contribution in [2.45, 2.75) is 65.9 Å². The van der Waals surface area contributed by atoms with Crippen LogP contribution in [0.15, 0.2) is 60.3 Å². The van der Waals surface area contributed by atoms with Gasteiger partial charge in [-0.3, -0.25) is 0 Å². The van der Waals surface area contributed by atoms with Gasteiger partial charge < -0.3 is 10.1 Å². The van der Waals surface area contributed by atoms with E-state index in [1.807, 2.05) is 12.2 Å². The van der Waals surface area contributed by atoms with Crippen LogP contribution < -0.4 is 5.32 Å². The third kappa shape index (κ3) is 6.41. The summed E-state index contributed by atoms with van der Waals surface area (Å²) in [6.07, 6.45) is 14.7. The van der Waals surface area contributed by atoms with Gasteiger partial charge in [-0.25, -0.2) is 0 Å². The average molecular weight is 358 g/mol. The molecule has 0 aliphatic carbocycles. The molecule has 0 aromatic carbocycles. The highest BCUT2D eigenvalue weighted by Gasteiger charge is 2.43. The van der Waals surface area contributed by atoms with Crippen LogP contribution >= 0.6 is 0 Å². The van der Waals surface area contributed by atoms with Crippen molar-refractivity contribution in [3.8, 4) is 0 Å². The zero-order valence-corrected chi connectivity index (χ0v) is 17.7. The molecule has 1 saturated heterocycles. The molecule has 2 nitrogen and oxygen atoms in total. The van der Waals surface area contributed by atoms with E-state index in [2.05, 4.69) is 71.3 Å². The molecule has 2 heteroatoms. The maximum Gasteiger partial charge on any atom is 0.0660 e. The Balaban J connectivity index is 2.88. The number of hydrogen-bond acceptors (Lipinski definition) is 2. The Morgan fingerprint density at radius 1 is 1.27 bits per heavy atom. The van der Waals surface area contributed by atoms with Gasteiger partial charge in [0.25, 0.3) is 0 Å². The van der Waals surface area contributed by atoms with Crippen molar-refractivity contribution in [1.29, 1.82) is 0 Å². The summed E-state index contributed by atoms with van der Waals surface area (Å²) < 4.78 is 6.12. The van der Waals surface area contributed by atoms with Crippen LogP contribution in [0.1, 0.15) is 60.3 Å². The van der Waals surface area contributed by atoms with E-state index in [0.29, 0.717) is 0 Å². The molecule has 0 amide bonds. The molecular formula is C24H39NO. The minimum Gasteiger partial charge on any atom is -0.375 e. The topological polar surface area (TPSA) is 21.3 Å². The molecule has 0 radical (unpaired) electrons. The minimum absolute atomic E-state index is 0.0575. The highest BCUT2D eigenvalue weighted by molar-refractivity contribution is 5.30. The Bertz CT molecular complexity index is 565. The molecule has 0 bridgehead atoms. The molecular weight excluding hydrogens is 318 g/mol. The molecule has 0 aromatic heterocycles. The first kappa shape index (κ1) is 22.7. The van der Waals surface area contributed by atoms with E-state index in [-0.39, 0.29) is 11.0 Å². The van der Waals surface area contributed by atoms with E-state index in [1.54, 1.807) is 0 Å². The summed E-state index contributed by atoms with van der Waals surface area (Å²) >= 11 is 0. The standard InChI is InChI=1S/C24H39NO/c1-8-12-22(10-3)24(14-16-26-23(7,11-4)19-24)13-15-25-18-21(9-2)17-20(5)6/h8-10,12,17,25H,1,3,11,13-16,18-19H2,2,4-7H3/b21-9+,22-12+/t23?,24-/m1/s1. The maximum atomic E-state index is 6.12. The van der Waals surface area contributed by atoms with Crippen LogP contribution in [0.25, 0.3) is 0 Å². The van der Waals surface area contributed by atoms with Gasteiger partial charge >= 0.3 is 0 Å². The van der Waals surface area contributed by atoms with Crippen molar-refractivity contribution < 1.29 is 4.74 Å². The van der Waals surface area contributed by atoms with Crippen molar-refractivity contribution in [3.05, 3.63) is 60.3 Å². The van der Waals surface area contributed by atoms with Gasteiger partial charge in [-0.1, -0.05) is 56.0 Å². The molecule has 1 N–H and O–H groups in total. The molecule has 1 fully saturated rings. The van der Waals surface area contributed by atoms with Crippen molar-refractivity contribution in [3.63, 3.8) is 0 Å². The fourth-order valence-electron chi connectivity index (χ4n) is 3.94. The van der Waals surface area contributed by atoms with E-state index >= 15 is 0 Å². The molecule has 0 saturated carbocycles. The summed E-state index contributed by atoms with van der Waals surface area (Å²) in [5.74, 6) is 0. The molecule has 0 aromatic rings. The smallest absolute Gasteiger partial charge is 0.0660 e. The van der Waals surface area contributed by atoms with Gasteiger partial charge in [0.1, 0.15) is 0 Å². The molecule has 1 aliphatic rings. The van der Waals surface area contributed by atoms with Crippen LogP contribution in [0.4, 0.5) is 0 Å². The molecule has 1 unspecified atom stereocenters. The number of hydrogen-bond donors (Lipinski definition) is 1. The Labute approximate surface area is 161 Å². The number of allylic oxidation sites excluding steroid dienone is 6. The molecule has 0 spiro atoms. The summed E-state index contributed by atoms with van der Waals surface area (Å²) in [5, 5.41) is 3.64. The SMILES string of the molecule is C=C/C=C(\C=C)[C@]1(CCNC/C(C=C(C)C)=C/C)CCOC(C)(CC)C1. The number of nitrogens with one attached hydrogen (secondary N) is 1. The van der Waals surface area contributed by atoms with Crippen LogP contribution in [0.3, 0.4) is 0 Å². The lowest BCUT2D eigenvalue weighted by molar-refractivity contribution is -0.108. The van der Waals surface area contributed by atoms with E-state index in [4.69, 9.17) is 4.74 Å². The minimum atomic E-state index is -0.0575. The predicted molar refractivity (Wildman–Crippen MR) is 115 cm³/mol. The van der Waals surface area contributed by atoms with Crippen molar-refractivity contribution in [2.75, 3.05) is 19.7 Å². The maximum absolute atomic E-state index is 6.12. The van der Waals surface area contributed by atoms with Crippen LogP contribution in [0, 0.1) is 5.41 Å². The predicted octanol–water partition coefficient (Wildman–Crippen LogP) is 6.14. The third-order valence-corrected chi connectivity index (χ3v) is 5.58. The second-order valence-corrected chi connectivity index (χ2v) is 7.93. The molecule has 1 aliphatic heterocycles. The number of rotatable bonds is 10. The largest absolute Gasteiger partial charge is 0.375 e. The summed E-state index contributed by atoms with van der Waals surface area (Å²) in [6, 6.07) is 0. The highest BCUT2D eigenvalue weighted by atomic mass is 16.5. The van der Waals surface area contributed by atoms with Gasteiger partial charge in [0.2, 0.25) is 0 Å². The van der Waals surface area contributed by atoms with Crippen molar-refractivity contribution in [2.24, 2.45) is 5.41 Å². The quantitative estimate of drug-likeness (QED) is 0.374. The Morgan fingerprint density at radius 3 is 2.54 bits per heavy atom. The molecule has 2 atom stereocenters. The van der Waals surface area contributed by atoms with Crippen molar-refractivity contribution in [1.82, 2.24) is 5.32 Å². The zero-order valence-electron chi connectivity index (χ0n) is 17.7. The second kappa shape index (κ2) is 10.7. The van der Waals surface area contributed by atoms with Gasteiger partial charge in [-0.05, 0) is 71.1 Å². The Hall–Kier alpha value is -1.38. The van der Waals surface area contributed by atoms with Crippen molar-refractivity contribution >= 4 is 0 Å². The first-order chi connectivity index (χ1) is 12.3. The summed E-state index contributed by atoms with van der Waals surface area (Å²) in [7, 11) is 0. The number of ether oxygens (including phenoxy) is 1. The summed E-state index contributed by atoms with van der Waals surface area (Å²) in [5.41, 5.74) is 4.03.